The molecule has 0 heterocycles. The van der Waals surface area contributed by atoms with Gasteiger partial charge in [0.15, 0.2) is 5.16 Å². The molecule has 0 saturated heterocycles. The maximum absolute atomic E-state index is 15.3. The Morgan fingerprint density at radius 1 is 0.879 bits per heavy atom. The van der Waals surface area contributed by atoms with E-state index < -0.39 is 28.8 Å². The van der Waals surface area contributed by atoms with Crippen LogP contribution in [0.2, 0.25) is 0 Å². The molecule has 0 saturated carbocycles. The largest absolute Gasteiger partial charge is 0.497 e. The number of rotatable bonds is 7. The van der Waals surface area contributed by atoms with Crippen molar-refractivity contribution in [3.05, 3.63) is 99.6 Å². The Kier molecular flexibility index (Phi) is 7.01. The van der Waals surface area contributed by atoms with Gasteiger partial charge in [-0.2, -0.15) is 13.2 Å². The first-order valence-corrected chi connectivity index (χ1v) is 12.8. The van der Waals surface area contributed by atoms with Crippen molar-refractivity contribution in [3.63, 3.8) is 0 Å². The third-order valence-corrected chi connectivity index (χ3v) is 11.7. The van der Waals surface area contributed by atoms with Gasteiger partial charge in [-0.05, 0) is 42.2 Å². The third-order valence-electron chi connectivity index (χ3n) is 5.73. The molecule has 0 radical (unpaired) electrons. The van der Waals surface area contributed by atoms with Crippen molar-refractivity contribution in [2.24, 2.45) is 0 Å². The number of hydrogen-bond donors (Lipinski definition) is 0. The van der Waals surface area contributed by atoms with E-state index in [1.54, 1.807) is 48.5 Å². The predicted molar refractivity (Wildman–Crippen MR) is 128 cm³/mol. The molecule has 3 rings (SSSR count). The van der Waals surface area contributed by atoms with E-state index in [4.69, 9.17) is 16.5 Å². The Labute approximate surface area is 195 Å². The SMILES string of the molecule is COc1ccc([C@](C[N+](=O)[O-])(C(F)(F)F)P(=S)(c2ccc(C)cc2)c2ccc(C)cc2)cc1. The fraction of sp³-hybridized carbons (Fsp3) is 0.250. The molecule has 0 bridgehead atoms. The number of alkyl halides is 3. The number of aryl methyl sites for hydroxylation is 2. The van der Waals surface area contributed by atoms with Crippen LogP contribution in [0, 0.1) is 24.0 Å². The average molecular weight is 493 g/mol. The topological polar surface area (TPSA) is 52.4 Å². The Bertz CT molecular complexity index is 1130. The average Bonchev–Trinajstić information content (AvgIpc) is 2.77. The molecule has 0 aromatic heterocycles. The van der Waals surface area contributed by atoms with Crippen LogP contribution in [0.15, 0.2) is 72.8 Å². The molecule has 0 N–H and O–H groups in total. The molecule has 0 aliphatic carbocycles. The van der Waals surface area contributed by atoms with Gasteiger partial charge in [0.05, 0.1) is 7.11 Å². The molecule has 3 aromatic carbocycles. The van der Waals surface area contributed by atoms with Gasteiger partial charge in [-0.25, -0.2) is 0 Å². The van der Waals surface area contributed by atoms with Gasteiger partial charge >= 0.3 is 6.18 Å². The van der Waals surface area contributed by atoms with Crippen LogP contribution < -0.4 is 15.3 Å². The summed E-state index contributed by atoms with van der Waals surface area (Å²) in [7, 11) is 1.39. The van der Waals surface area contributed by atoms with Gasteiger partial charge in [0.2, 0.25) is 6.54 Å². The Balaban J connectivity index is 2.50. The summed E-state index contributed by atoms with van der Waals surface area (Å²) in [4.78, 5) is 10.9. The normalized spacial score (nSPS) is 13.9. The fourth-order valence-electron chi connectivity index (χ4n) is 3.96. The number of nitro groups is 1. The van der Waals surface area contributed by atoms with Crippen molar-refractivity contribution in [3.8, 4) is 5.75 Å². The van der Waals surface area contributed by atoms with Crippen LogP contribution in [0.3, 0.4) is 0 Å². The Hall–Kier alpha value is -2.70. The highest BCUT2D eigenvalue weighted by Crippen LogP contribution is 2.68. The first-order valence-electron chi connectivity index (χ1n) is 10.0. The molecule has 0 aliphatic rings. The van der Waals surface area contributed by atoms with Crippen molar-refractivity contribution >= 4 is 28.5 Å². The number of methoxy groups -OCH3 is 1. The van der Waals surface area contributed by atoms with E-state index in [1.807, 2.05) is 13.8 Å². The molecule has 0 fully saturated rings. The van der Waals surface area contributed by atoms with E-state index in [-0.39, 0.29) is 16.2 Å². The Morgan fingerprint density at radius 2 is 1.30 bits per heavy atom. The zero-order valence-electron chi connectivity index (χ0n) is 18.3. The standard InChI is InChI=1S/C24H23F3NO3PS/c1-17-4-12-21(13-5-17)32(33,22-14-6-18(2)7-15-22)23(16-28(29)30,24(25,26)27)19-8-10-20(31-3)11-9-19/h4-15H,16H2,1-3H3/t23-/m1/s1. The van der Waals surface area contributed by atoms with Gasteiger partial charge in [0, 0.05) is 11.0 Å². The zero-order valence-corrected chi connectivity index (χ0v) is 20.0. The molecule has 0 amide bonds. The van der Waals surface area contributed by atoms with E-state index in [1.165, 1.54) is 31.4 Å². The lowest BCUT2D eigenvalue weighted by molar-refractivity contribution is -0.494. The lowest BCUT2D eigenvalue weighted by Gasteiger charge is -2.43. The predicted octanol–water partition coefficient (Wildman–Crippen LogP) is 5.48. The molecule has 33 heavy (non-hydrogen) atoms. The number of benzene rings is 3. The van der Waals surface area contributed by atoms with E-state index in [0.29, 0.717) is 5.75 Å². The second-order valence-electron chi connectivity index (χ2n) is 7.86. The van der Waals surface area contributed by atoms with Crippen molar-refractivity contribution in [1.82, 2.24) is 0 Å². The van der Waals surface area contributed by atoms with Crippen LogP contribution in [0.1, 0.15) is 16.7 Å². The van der Waals surface area contributed by atoms with Gasteiger partial charge in [-0.1, -0.05) is 83.6 Å². The van der Waals surface area contributed by atoms with Crippen LogP contribution >= 0.6 is 6.04 Å². The summed E-state index contributed by atoms with van der Waals surface area (Å²) in [6.07, 6.45) is -5.01. The number of ether oxygens (including phenoxy) is 1. The van der Waals surface area contributed by atoms with Crippen molar-refractivity contribution < 1.29 is 22.8 Å². The lowest BCUT2D eigenvalue weighted by Crippen LogP contribution is -2.51. The monoisotopic (exact) mass is 493 g/mol. The molecule has 0 spiro atoms. The number of nitrogens with zero attached hydrogens (tertiary/aromatic N) is 1. The second-order valence-corrected chi connectivity index (χ2v) is 12.5. The number of hydrogen-bond acceptors (Lipinski definition) is 4. The summed E-state index contributed by atoms with van der Waals surface area (Å²) in [6.45, 7) is 2.25. The minimum atomic E-state index is -5.01. The van der Waals surface area contributed by atoms with Gasteiger partial charge in [-0.15, -0.1) is 0 Å². The summed E-state index contributed by atoms with van der Waals surface area (Å²) >= 11 is 6.02. The highest BCUT2D eigenvalue weighted by Gasteiger charge is 2.68. The van der Waals surface area contributed by atoms with Crippen LogP contribution in [0.5, 0.6) is 5.75 Å². The van der Waals surface area contributed by atoms with E-state index >= 15 is 13.2 Å². The molecular weight excluding hydrogens is 470 g/mol. The maximum Gasteiger partial charge on any atom is 0.409 e. The van der Waals surface area contributed by atoms with Gasteiger partial charge in [-0.3, -0.25) is 10.1 Å². The highest BCUT2D eigenvalue weighted by atomic mass is 32.4. The smallest absolute Gasteiger partial charge is 0.409 e. The summed E-state index contributed by atoms with van der Waals surface area (Å²) in [5.41, 5.74) is 1.44. The first-order chi connectivity index (χ1) is 15.5. The molecule has 0 aliphatic heterocycles. The van der Waals surface area contributed by atoms with Crippen LogP contribution in [0.4, 0.5) is 13.2 Å². The minimum Gasteiger partial charge on any atom is -0.497 e. The second kappa shape index (κ2) is 9.27. The van der Waals surface area contributed by atoms with Gasteiger partial charge in [0.25, 0.3) is 0 Å². The van der Waals surface area contributed by atoms with Gasteiger partial charge < -0.3 is 4.74 Å². The number of halogens is 3. The highest BCUT2D eigenvalue weighted by molar-refractivity contribution is 8.22. The molecular formula is C24H23F3NO3PS. The van der Waals surface area contributed by atoms with E-state index in [9.17, 15) is 10.1 Å². The van der Waals surface area contributed by atoms with E-state index in [0.717, 1.165) is 11.1 Å². The van der Waals surface area contributed by atoms with Crippen LogP contribution in [-0.2, 0) is 17.0 Å². The zero-order chi connectivity index (χ0) is 24.4. The van der Waals surface area contributed by atoms with Crippen LogP contribution in [0.25, 0.3) is 0 Å². The summed E-state index contributed by atoms with van der Waals surface area (Å²) in [5, 5.41) is 9.42. The van der Waals surface area contributed by atoms with Crippen molar-refractivity contribution in [1.29, 1.82) is 0 Å². The first kappa shape index (κ1) is 24.9. The quantitative estimate of drug-likeness (QED) is 0.249. The molecule has 174 valence electrons. The third kappa shape index (κ3) is 4.42. The Morgan fingerprint density at radius 3 is 1.64 bits per heavy atom. The maximum atomic E-state index is 15.3. The van der Waals surface area contributed by atoms with Crippen LogP contribution in [-0.4, -0.2) is 24.8 Å². The summed E-state index contributed by atoms with van der Waals surface area (Å²) < 4.78 is 50.9. The molecule has 1 atom stereocenters. The molecule has 9 heteroatoms. The fourth-order valence-corrected chi connectivity index (χ4v) is 8.99. The molecule has 3 aromatic rings. The van der Waals surface area contributed by atoms with Gasteiger partial charge in [0.1, 0.15) is 5.75 Å². The summed E-state index contributed by atoms with van der Waals surface area (Å²) in [5.74, 6) is 0.343. The van der Waals surface area contributed by atoms with Crippen molar-refractivity contribution in [2.75, 3.05) is 13.7 Å². The molecule has 0 unspecified atom stereocenters. The minimum absolute atomic E-state index is 0.253. The molecule has 4 nitrogen and oxygen atoms in total. The lowest BCUT2D eigenvalue weighted by atomic mass is 9.97. The van der Waals surface area contributed by atoms with E-state index in [2.05, 4.69) is 0 Å². The van der Waals surface area contributed by atoms with Crippen molar-refractivity contribution in [2.45, 2.75) is 25.2 Å². The summed E-state index contributed by atoms with van der Waals surface area (Å²) in [6, 6.07) is 14.3.